The summed E-state index contributed by atoms with van der Waals surface area (Å²) in [6.07, 6.45) is 6.03. The zero-order valence-corrected chi connectivity index (χ0v) is 21.9. The third kappa shape index (κ3) is 2.38. The van der Waals surface area contributed by atoms with Crippen LogP contribution in [0.15, 0.2) is 12.1 Å². The van der Waals surface area contributed by atoms with Crippen molar-refractivity contribution in [1.82, 2.24) is 0 Å². The van der Waals surface area contributed by atoms with Gasteiger partial charge in [-0.2, -0.15) is 0 Å². The second-order valence-corrected chi connectivity index (χ2v) is 14.2. The van der Waals surface area contributed by atoms with Gasteiger partial charge in [-0.25, -0.2) is 0 Å². The molecule has 4 bridgehead atoms. The van der Waals surface area contributed by atoms with Crippen molar-refractivity contribution in [3.63, 3.8) is 0 Å². The van der Waals surface area contributed by atoms with Gasteiger partial charge < -0.3 is 29.5 Å². The standard InChI is InChI=1S/C29H41NO5/c1-25(2,3)26(4,32)20-15-27-10-11-29(20,34-5)24-28(27)12-13-30(33,16-17-6-7-17)21(27)14-18-8-9-19(31)23(35-24)22(18)28/h8-9,17,20-21,24,31-32H,6-7,10-16H2,1-5H3/t20-,21-,24-,26+,27-,28+,29-,30?/m1/s1. The molecule has 6 nitrogen and oxygen atoms in total. The minimum atomic E-state index is -1.01. The molecule has 35 heavy (non-hydrogen) atoms. The van der Waals surface area contributed by atoms with Crippen LogP contribution < -0.4 is 4.74 Å². The predicted octanol–water partition coefficient (Wildman–Crippen LogP) is 4.43. The Balaban J connectivity index is 1.50. The molecule has 2 aliphatic heterocycles. The highest BCUT2D eigenvalue weighted by atomic mass is 16.6. The molecule has 6 heteroatoms. The molecule has 1 aromatic carbocycles. The van der Waals surface area contributed by atoms with Crippen LogP contribution in [0.4, 0.5) is 0 Å². The van der Waals surface area contributed by atoms with Gasteiger partial charge in [0.2, 0.25) is 0 Å². The highest BCUT2D eigenvalue weighted by Gasteiger charge is 2.84. The van der Waals surface area contributed by atoms with Crippen LogP contribution in [0.5, 0.6) is 11.5 Å². The third-order valence-corrected chi connectivity index (χ3v) is 12.1. The molecule has 5 fully saturated rings. The summed E-state index contributed by atoms with van der Waals surface area (Å²) >= 11 is 0. The van der Waals surface area contributed by atoms with Gasteiger partial charge in [0.25, 0.3) is 0 Å². The maximum absolute atomic E-state index is 14.8. The van der Waals surface area contributed by atoms with Crippen LogP contribution in [-0.2, 0) is 16.6 Å². The van der Waals surface area contributed by atoms with Crippen molar-refractivity contribution < 1.29 is 24.3 Å². The van der Waals surface area contributed by atoms with E-state index < -0.39 is 11.2 Å². The Morgan fingerprint density at radius 2 is 1.91 bits per heavy atom. The monoisotopic (exact) mass is 483 g/mol. The lowest BCUT2D eigenvalue weighted by Crippen LogP contribution is -2.85. The number of nitrogens with zero attached hydrogens (tertiary/aromatic N) is 1. The fraction of sp³-hybridized carbons (Fsp3) is 0.793. The van der Waals surface area contributed by atoms with E-state index in [2.05, 4.69) is 20.8 Å². The van der Waals surface area contributed by atoms with Crippen molar-refractivity contribution in [2.24, 2.45) is 22.7 Å². The van der Waals surface area contributed by atoms with Crippen LogP contribution in [0, 0.1) is 27.9 Å². The molecule has 2 spiro atoms. The van der Waals surface area contributed by atoms with Crippen molar-refractivity contribution in [2.45, 2.75) is 101 Å². The quantitative estimate of drug-likeness (QED) is 0.489. The predicted molar refractivity (Wildman–Crippen MR) is 132 cm³/mol. The number of methoxy groups -OCH3 is 1. The Morgan fingerprint density at radius 3 is 2.57 bits per heavy atom. The van der Waals surface area contributed by atoms with Crippen molar-refractivity contribution in [3.05, 3.63) is 28.5 Å². The molecule has 0 radical (unpaired) electrons. The molecule has 1 saturated heterocycles. The minimum Gasteiger partial charge on any atom is -0.633 e. The summed E-state index contributed by atoms with van der Waals surface area (Å²) in [5.41, 5.74) is -0.317. The lowest BCUT2D eigenvalue weighted by Gasteiger charge is -2.77. The van der Waals surface area contributed by atoms with E-state index in [1.165, 1.54) is 18.4 Å². The van der Waals surface area contributed by atoms with E-state index in [1.54, 1.807) is 13.2 Å². The van der Waals surface area contributed by atoms with E-state index in [-0.39, 0.29) is 44.7 Å². The van der Waals surface area contributed by atoms with E-state index in [0.717, 1.165) is 44.2 Å². The molecule has 0 amide bonds. The molecule has 4 saturated carbocycles. The van der Waals surface area contributed by atoms with Crippen molar-refractivity contribution in [1.29, 1.82) is 0 Å². The Bertz CT molecular complexity index is 1110. The number of ether oxygens (including phenoxy) is 2. The smallest absolute Gasteiger partial charge is 0.165 e. The molecular weight excluding hydrogens is 442 g/mol. The van der Waals surface area contributed by atoms with Crippen molar-refractivity contribution >= 4 is 0 Å². The lowest BCUT2D eigenvalue weighted by molar-refractivity contribution is -0.926. The highest BCUT2D eigenvalue weighted by Crippen LogP contribution is 2.78. The summed E-state index contributed by atoms with van der Waals surface area (Å²) in [4.78, 5) is 0. The first-order valence-electron chi connectivity index (χ1n) is 13.7. The second-order valence-electron chi connectivity index (χ2n) is 14.2. The third-order valence-electron chi connectivity index (χ3n) is 12.1. The molecule has 2 N–H and O–H groups in total. The van der Waals surface area contributed by atoms with E-state index in [0.29, 0.717) is 18.2 Å². The van der Waals surface area contributed by atoms with Crippen LogP contribution in [0.1, 0.15) is 77.3 Å². The summed E-state index contributed by atoms with van der Waals surface area (Å²) < 4.78 is 13.3. The summed E-state index contributed by atoms with van der Waals surface area (Å²) in [6, 6.07) is 3.75. The van der Waals surface area contributed by atoms with E-state index in [1.807, 2.05) is 13.0 Å². The maximum Gasteiger partial charge on any atom is 0.165 e. The van der Waals surface area contributed by atoms with Crippen LogP contribution in [-0.4, -0.2) is 58.4 Å². The number of hydrogen-bond donors (Lipinski definition) is 2. The van der Waals surface area contributed by atoms with Crippen molar-refractivity contribution in [2.75, 3.05) is 20.2 Å². The number of piperidine rings is 1. The van der Waals surface area contributed by atoms with Crippen molar-refractivity contribution in [3.8, 4) is 11.5 Å². The van der Waals surface area contributed by atoms with Crippen LogP contribution >= 0.6 is 0 Å². The number of hydroxylamine groups is 3. The molecule has 192 valence electrons. The second kappa shape index (κ2) is 6.38. The molecule has 8 rings (SSSR count). The molecule has 2 heterocycles. The largest absolute Gasteiger partial charge is 0.633 e. The topological polar surface area (TPSA) is 82.0 Å². The molecule has 0 aromatic heterocycles. The fourth-order valence-electron chi connectivity index (χ4n) is 9.87. The lowest BCUT2D eigenvalue weighted by atomic mass is 9.33. The van der Waals surface area contributed by atoms with Crippen LogP contribution in [0.25, 0.3) is 0 Å². The van der Waals surface area contributed by atoms with Gasteiger partial charge in [-0.15, -0.1) is 0 Å². The van der Waals surface area contributed by atoms with Crippen LogP contribution in [0.2, 0.25) is 0 Å². The number of hydrogen-bond acceptors (Lipinski definition) is 5. The zero-order chi connectivity index (χ0) is 24.8. The Kier molecular flexibility index (Phi) is 4.16. The maximum atomic E-state index is 14.8. The van der Waals surface area contributed by atoms with Gasteiger partial charge >= 0.3 is 0 Å². The number of phenolic OH excluding ortho intramolecular Hbond substituents is 1. The van der Waals surface area contributed by atoms with Crippen LogP contribution in [0.3, 0.4) is 0 Å². The number of quaternary nitrogens is 1. The Morgan fingerprint density at radius 1 is 1.17 bits per heavy atom. The Labute approximate surface area is 208 Å². The Hall–Kier alpha value is -1.34. The van der Waals surface area contributed by atoms with Gasteiger partial charge in [-0.05, 0) is 56.1 Å². The van der Waals surface area contributed by atoms with Gasteiger partial charge in [0.05, 0.1) is 30.1 Å². The number of aromatic hydroxyl groups is 1. The molecule has 1 aromatic rings. The van der Waals surface area contributed by atoms with E-state index in [4.69, 9.17) is 9.47 Å². The first-order valence-corrected chi connectivity index (χ1v) is 13.7. The number of fused-ring (bicyclic) bond motifs is 2. The SMILES string of the molecule is CO[C@]12CC[C@@]3(C[C@@H]1[C@](C)(O)C(C)(C)C)[C@H]1Cc4ccc(O)c5c4[C@@]3(CC[N+]1([O-])CC1CC1)[C@H]2O5. The number of likely N-dealkylation sites (tertiary alicyclic amines) is 1. The molecule has 1 unspecified atom stereocenters. The number of aliphatic hydroxyl groups is 1. The fourth-order valence-corrected chi connectivity index (χ4v) is 9.87. The van der Waals surface area contributed by atoms with E-state index >= 15 is 0 Å². The summed E-state index contributed by atoms with van der Waals surface area (Å²) in [7, 11) is 1.78. The van der Waals surface area contributed by atoms with Gasteiger partial charge in [-0.3, -0.25) is 0 Å². The normalized spacial score (nSPS) is 46.7. The van der Waals surface area contributed by atoms with E-state index in [9.17, 15) is 15.4 Å². The minimum absolute atomic E-state index is 0.0423. The first-order chi connectivity index (χ1) is 16.4. The number of rotatable bonds is 4. The molecule has 8 atom stereocenters. The average Bonchev–Trinajstić information content (AvgIpc) is 3.52. The average molecular weight is 484 g/mol. The highest BCUT2D eigenvalue weighted by molar-refractivity contribution is 5.63. The van der Waals surface area contributed by atoms with Gasteiger partial charge in [0.1, 0.15) is 11.7 Å². The molecule has 5 aliphatic carbocycles. The van der Waals surface area contributed by atoms with Gasteiger partial charge in [-0.1, -0.05) is 26.8 Å². The summed E-state index contributed by atoms with van der Waals surface area (Å²) in [6.45, 7) is 9.60. The number of phenols is 1. The molecular formula is C29H41NO5. The molecule has 7 aliphatic rings. The first kappa shape index (κ1) is 22.8. The van der Waals surface area contributed by atoms with Gasteiger partial charge in [0, 0.05) is 42.8 Å². The summed E-state index contributed by atoms with van der Waals surface area (Å²) in [5, 5.41) is 38.0. The number of benzene rings is 1. The summed E-state index contributed by atoms with van der Waals surface area (Å²) in [5.74, 6) is 1.20. The zero-order valence-electron chi connectivity index (χ0n) is 21.9. The van der Waals surface area contributed by atoms with Gasteiger partial charge in [0.15, 0.2) is 11.5 Å².